The molecule has 1 aromatic heterocycles. The van der Waals surface area contributed by atoms with E-state index < -0.39 is 0 Å². The monoisotopic (exact) mass is 357 g/mol. The van der Waals surface area contributed by atoms with Crippen LogP contribution in [0.25, 0.3) is 0 Å². The highest BCUT2D eigenvalue weighted by atomic mass is 32.2. The molecule has 1 aliphatic heterocycles. The summed E-state index contributed by atoms with van der Waals surface area (Å²) in [4.78, 5) is 19.0. The maximum Gasteiger partial charge on any atom is 0.253 e. The lowest BCUT2D eigenvalue weighted by atomic mass is 10.2. The molecule has 1 fully saturated rings. The van der Waals surface area contributed by atoms with E-state index in [0.717, 1.165) is 49.2 Å². The van der Waals surface area contributed by atoms with Gasteiger partial charge >= 0.3 is 0 Å². The van der Waals surface area contributed by atoms with Crippen molar-refractivity contribution in [1.82, 2.24) is 15.2 Å². The Labute approximate surface area is 152 Å². The predicted octanol–water partition coefficient (Wildman–Crippen LogP) is 2.44. The fourth-order valence-corrected chi connectivity index (χ4v) is 3.43. The van der Waals surface area contributed by atoms with Crippen molar-refractivity contribution >= 4 is 17.7 Å². The first-order valence-electron chi connectivity index (χ1n) is 8.52. The minimum Gasteiger partial charge on any atom is -0.379 e. The van der Waals surface area contributed by atoms with Gasteiger partial charge in [-0.25, -0.2) is 4.98 Å². The van der Waals surface area contributed by atoms with Gasteiger partial charge in [-0.3, -0.25) is 9.69 Å². The van der Waals surface area contributed by atoms with Gasteiger partial charge in [0.2, 0.25) is 0 Å². The van der Waals surface area contributed by atoms with Crippen LogP contribution in [0.2, 0.25) is 0 Å². The number of pyridine rings is 1. The summed E-state index contributed by atoms with van der Waals surface area (Å²) in [6.45, 7) is 5.24. The maximum atomic E-state index is 12.2. The van der Waals surface area contributed by atoms with Gasteiger partial charge in [0.1, 0.15) is 0 Å². The summed E-state index contributed by atoms with van der Waals surface area (Å²) in [6, 6.07) is 13.6. The van der Waals surface area contributed by atoms with Crippen molar-refractivity contribution in [3.05, 3.63) is 59.8 Å². The lowest BCUT2D eigenvalue weighted by molar-refractivity contribution is 0.0410. The number of carbonyl (C=O) groups excluding carboxylic acids is 1. The smallest absolute Gasteiger partial charge is 0.253 e. The summed E-state index contributed by atoms with van der Waals surface area (Å²) < 4.78 is 5.35. The standard InChI is InChI=1S/C19H23N3O2S/c23-19(21-14-16-4-2-1-3-5-16)17-6-7-18(20-15-17)25-13-10-22-8-11-24-12-9-22/h1-7,15H,8-14H2,(H,21,23). The number of morpholine rings is 1. The molecule has 2 aromatic rings. The van der Waals surface area contributed by atoms with Crippen LogP contribution in [0.3, 0.4) is 0 Å². The molecular formula is C19H23N3O2S. The third kappa shape index (κ3) is 5.85. The lowest BCUT2D eigenvalue weighted by Crippen LogP contribution is -2.37. The van der Waals surface area contributed by atoms with E-state index in [2.05, 4.69) is 15.2 Å². The van der Waals surface area contributed by atoms with Gasteiger partial charge in [-0.2, -0.15) is 0 Å². The number of amides is 1. The number of benzene rings is 1. The molecule has 1 aromatic carbocycles. The average molecular weight is 357 g/mol. The average Bonchev–Trinajstić information content (AvgIpc) is 2.68. The molecule has 0 radical (unpaired) electrons. The van der Waals surface area contributed by atoms with E-state index in [1.54, 1.807) is 18.0 Å². The zero-order valence-electron chi connectivity index (χ0n) is 14.2. The van der Waals surface area contributed by atoms with Gasteiger partial charge in [0.05, 0.1) is 23.8 Å². The number of thioether (sulfide) groups is 1. The number of nitrogens with one attached hydrogen (secondary N) is 1. The topological polar surface area (TPSA) is 54.5 Å². The number of carbonyl (C=O) groups is 1. The Morgan fingerprint density at radius 3 is 2.68 bits per heavy atom. The van der Waals surface area contributed by atoms with E-state index in [1.165, 1.54) is 0 Å². The molecule has 0 spiro atoms. The van der Waals surface area contributed by atoms with E-state index in [4.69, 9.17) is 4.74 Å². The second-order valence-corrected chi connectivity index (χ2v) is 6.97. The highest BCUT2D eigenvalue weighted by Crippen LogP contribution is 2.16. The van der Waals surface area contributed by atoms with Gasteiger partial charge < -0.3 is 10.1 Å². The van der Waals surface area contributed by atoms with Gasteiger partial charge in [-0.1, -0.05) is 30.3 Å². The van der Waals surface area contributed by atoms with Gasteiger partial charge in [-0.05, 0) is 17.7 Å². The quantitative estimate of drug-likeness (QED) is 0.772. The van der Waals surface area contributed by atoms with Crippen LogP contribution in [0.15, 0.2) is 53.7 Å². The molecule has 1 aliphatic rings. The van der Waals surface area contributed by atoms with Crippen molar-refractivity contribution in [3.8, 4) is 0 Å². The van der Waals surface area contributed by atoms with Crippen molar-refractivity contribution < 1.29 is 9.53 Å². The Morgan fingerprint density at radius 2 is 1.96 bits per heavy atom. The predicted molar refractivity (Wildman–Crippen MR) is 99.8 cm³/mol. The second-order valence-electron chi connectivity index (χ2n) is 5.86. The SMILES string of the molecule is O=C(NCc1ccccc1)c1ccc(SCCN2CCOCC2)nc1. The summed E-state index contributed by atoms with van der Waals surface area (Å²) in [5, 5.41) is 3.87. The Hall–Kier alpha value is -1.89. The van der Waals surface area contributed by atoms with Gasteiger partial charge in [0, 0.05) is 38.1 Å². The number of hydrogen-bond donors (Lipinski definition) is 1. The summed E-state index contributed by atoms with van der Waals surface area (Å²) in [5.41, 5.74) is 1.67. The molecule has 6 heteroatoms. The maximum absolute atomic E-state index is 12.2. The molecule has 132 valence electrons. The van der Waals surface area contributed by atoms with Crippen LogP contribution in [0.5, 0.6) is 0 Å². The number of ether oxygens (including phenoxy) is 1. The molecule has 1 saturated heterocycles. The molecule has 25 heavy (non-hydrogen) atoms. The molecule has 0 atom stereocenters. The van der Waals surface area contributed by atoms with Gasteiger partial charge in [0.15, 0.2) is 0 Å². The third-order valence-electron chi connectivity index (χ3n) is 4.06. The first-order valence-corrected chi connectivity index (χ1v) is 9.51. The molecule has 2 heterocycles. The number of nitrogens with zero attached hydrogens (tertiary/aromatic N) is 2. The highest BCUT2D eigenvalue weighted by Gasteiger charge is 2.10. The van der Waals surface area contributed by atoms with Crippen molar-refractivity contribution in [2.24, 2.45) is 0 Å². The van der Waals surface area contributed by atoms with Crippen LogP contribution < -0.4 is 5.32 Å². The minimum atomic E-state index is -0.0961. The molecule has 5 nitrogen and oxygen atoms in total. The second kappa shape index (κ2) is 9.56. The van der Waals surface area contributed by atoms with Crippen molar-refractivity contribution in [2.75, 3.05) is 38.6 Å². The van der Waals surface area contributed by atoms with E-state index in [9.17, 15) is 4.79 Å². The first-order chi connectivity index (χ1) is 12.3. The number of rotatable bonds is 7. The van der Waals surface area contributed by atoms with Crippen LogP contribution in [0.1, 0.15) is 15.9 Å². The Bertz CT molecular complexity index is 658. The highest BCUT2D eigenvalue weighted by molar-refractivity contribution is 7.99. The number of hydrogen-bond acceptors (Lipinski definition) is 5. The molecule has 0 bridgehead atoms. The van der Waals surface area contributed by atoms with E-state index in [0.29, 0.717) is 12.1 Å². The van der Waals surface area contributed by atoms with Crippen molar-refractivity contribution in [1.29, 1.82) is 0 Å². The zero-order chi connectivity index (χ0) is 17.3. The van der Waals surface area contributed by atoms with Crippen molar-refractivity contribution in [3.63, 3.8) is 0 Å². The van der Waals surface area contributed by atoms with Crippen molar-refractivity contribution in [2.45, 2.75) is 11.6 Å². The van der Waals surface area contributed by atoms with E-state index in [-0.39, 0.29) is 5.91 Å². The zero-order valence-corrected chi connectivity index (χ0v) is 15.0. The Kier molecular flexibility index (Phi) is 6.85. The number of aromatic nitrogens is 1. The van der Waals surface area contributed by atoms with E-state index >= 15 is 0 Å². The third-order valence-corrected chi connectivity index (χ3v) is 4.98. The molecule has 1 N–H and O–H groups in total. The molecule has 0 aliphatic carbocycles. The molecule has 3 rings (SSSR count). The van der Waals surface area contributed by atoms with Crippen LogP contribution in [-0.2, 0) is 11.3 Å². The Balaban J connectivity index is 1.42. The van der Waals surface area contributed by atoms with Crippen LogP contribution in [0.4, 0.5) is 0 Å². The van der Waals surface area contributed by atoms with Crippen LogP contribution >= 0.6 is 11.8 Å². The normalized spacial score (nSPS) is 15.0. The molecule has 1 amide bonds. The molecular weight excluding hydrogens is 334 g/mol. The summed E-state index contributed by atoms with van der Waals surface area (Å²) in [5.74, 6) is 0.897. The van der Waals surface area contributed by atoms with Crippen LogP contribution in [-0.4, -0.2) is 54.4 Å². The molecule has 0 saturated carbocycles. The minimum absolute atomic E-state index is 0.0961. The summed E-state index contributed by atoms with van der Waals surface area (Å²) in [6.07, 6.45) is 1.65. The van der Waals surface area contributed by atoms with E-state index in [1.807, 2.05) is 42.5 Å². The van der Waals surface area contributed by atoms with Crippen LogP contribution in [0, 0.1) is 0 Å². The van der Waals surface area contributed by atoms with Gasteiger partial charge in [0.25, 0.3) is 5.91 Å². The van der Waals surface area contributed by atoms with Gasteiger partial charge in [-0.15, -0.1) is 11.8 Å². The Morgan fingerprint density at radius 1 is 1.16 bits per heavy atom. The summed E-state index contributed by atoms with van der Waals surface area (Å²) in [7, 11) is 0. The lowest BCUT2D eigenvalue weighted by Gasteiger charge is -2.26. The summed E-state index contributed by atoms with van der Waals surface area (Å²) >= 11 is 1.72. The fraction of sp³-hybridized carbons (Fsp3) is 0.368. The molecule has 0 unspecified atom stereocenters. The largest absolute Gasteiger partial charge is 0.379 e. The first kappa shape index (κ1) is 17.9. The fourth-order valence-electron chi connectivity index (χ4n) is 2.58.